The van der Waals surface area contributed by atoms with E-state index in [1.54, 1.807) is 12.1 Å². The predicted octanol–water partition coefficient (Wildman–Crippen LogP) is -0.211. The van der Waals surface area contributed by atoms with Crippen LogP contribution in [0.4, 0.5) is 0 Å². The molecule has 112 valence electrons. The summed E-state index contributed by atoms with van der Waals surface area (Å²) >= 11 is 0. The molecule has 1 heterocycles. The molecule has 6 nitrogen and oxygen atoms in total. The fourth-order valence-electron chi connectivity index (χ4n) is 2.02. The highest BCUT2D eigenvalue weighted by Crippen LogP contribution is 2.10. The summed E-state index contributed by atoms with van der Waals surface area (Å²) in [6.45, 7) is 4.05. The number of rotatable bonds is 6. The quantitative estimate of drug-likeness (QED) is 0.760. The maximum atomic E-state index is 12.1. The van der Waals surface area contributed by atoms with Crippen molar-refractivity contribution in [1.29, 1.82) is 0 Å². The average Bonchev–Trinajstić information content (AvgIpc) is 2.48. The van der Waals surface area contributed by atoms with Crippen molar-refractivity contribution in [2.24, 2.45) is 0 Å². The summed E-state index contributed by atoms with van der Waals surface area (Å²) < 4.78 is 31.9. The van der Waals surface area contributed by atoms with E-state index in [0.29, 0.717) is 31.9 Å². The molecule has 0 radical (unpaired) electrons. The van der Waals surface area contributed by atoms with Crippen molar-refractivity contribution in [3.05, 3.63) is 29.8 Å². The van der Waals surface area contributed by atoms with E-state index in [-0.39, 0.29) is 11.5 Å². The molecule has 0 unspecified atom stereocenters. The van der Waals surface area contributed by atoms with Crippen molar-refractivity contribution < 1.29 is 18.3 Å². The van der Waals surface area contributed by atoms with Crippen LogP contribution >= 0.6 is 0 Å². The third-order valence-corrected chi connectivity index (χ3v) is 4.72. The van der Waals surface area contributed by atoms with Crippen LogP contribution in [0.5, 0.6) is 0 Å². The first kappa shape index (κ1) is 15.4. The zero-order valence-electron chi connectivity index (χ0n) is 11.3. The van der Waals surface area contributed by atoms with Crippen LogP contribution in [-0.4, -0.2) is 57.8 Å². The number of ether oxygens (including phenoxy) is 1. The summed E-state index contributed by atoms with van der Waals surface area (Å²) in [5.74, 6) is 0. The molecule has 1 aliphatic rings. The minimum Gasteiger partial charge on any atom is -0.392 e. The van der Waals surface area contributed by atoms with E-state index >= 15 is 0 Å². The molecule has 0 saturated carbocycles. The lowest BCUT2D eigenvalue weighted by atomic mass is 10.2. The normalized spacial score (nSPS) is 17.2. The highest BCUT2D eigenvalue weighted by Gasteiger charge is 2.15. The van der Waals surface area contributed by atoms with Crippen molar-refractivity contribution in [3.8, 4) is 0 Å². The Kier molecular flexibility index (Phi) is 5.50. The van der Waals surface area contributed by atoms with Gasteiger partial charge in [-0.2, -0.15) is 0 Å². The molecule has 1 aromatic carbocycles. The van der Waals surface area contributed by atoms with Gasteiger partial charge in [0.05, 0.1) is 24.7 Å². The molecule has 0 spiro atoms. The molecule has 0 amide bonds. The van der Waals surface area contributed by atoms with E-state index in [2.05, 4.69) is 9.62 Å². The van der Waals surface area contributed by atoms with E-state index < -0.39 is 10.0 Å². The first-order chi connectivity index (χ1) is 9.62. The number of nitrogens with one attached hydrogen (secondary N) is 1. The average molecular weight is 300 g/mol. The van der Waals surface area contributed by atoms with Gasteiger partial charge in [0.1, 0.15) is 0 Å². The third kappa shape index (κ3) is 4.26. The summed E-state index contributed by atoms with van der Waals surface area (Å²) in [7, 11) is -3.48. The molecule has 0 aliphatic carbocycles. The van der Waals surface area contributed by atoms with Crippen molar-refractivity contribution in [2.45, 2.75) is 11.5 Å². The fraction of sp³-hybridized carbons (Fsp3) is 0.538. The van der Waals surface area contributed by atoms with Crippen LogP contribution in [0.2, 0.25) is 0 Å². The largest absolute Gasteiger partial charge is 0.392 e. The minimum absolute atomic E-state index is 0.0925. The van der Waals surface area contributed by atoms with Crippen LogP contribution in [-0.2, 0) is 21.4 Å². The van der Waals surface area contributed by atoms with Gasteiger partial charge in [0.2, 0.25) is 10.0 Å². The van der Waals surface area contributed by atoms with Gasteiger partial charge in [0, 0.05) is 26.2 Å². The Morgan fingerprint density at radius 1 is 1.20 bits per heavy atom. The number of hydrogen-bond acceptors (Lipinski definition) is 5. The van der Waals surface area contributed by atoms with Gasteiger partial charge in [0.25, 0.3) is 0 Å². The van der Waals surface area contributed by atoms with Gasteiger partial charge in [-0.05, 0) is 17.7 Å². The van der Waals surface area contributed by atoms with Crippen molar-refractivity contribution in [1.82, 2.24) is 9.62 Å². The summed E-state index contributed by atoms with van der Waals surface area (Å²) in [6.07, 6.45) is 0. The Morgan fingerprint density at radius 3 is 2.45 bits per heavy atom. The van der Waals surface area contributed by atoms with E-state index in [0.717, 1.165) is 13.1 Å². The zero-order chi connectivity index (χ0) is 14.4. The number of aliphatic hydroxyl groups is 1. The standard InChI is InChI=1S/C13H20N2O4S/c16-11-12-1-3-13(4-2-12)20(17,18)14-5-6-15-7-9-19-10-8-15/h1-4,14,16H,5-11H2. The molecule has 1 aliphatic heterocycles. The fourth-order valence-corrected chi connectivity index (χ4v) is 3.04. The van der Waals surface area contributed by atoms with Gasteiger partial charge in [0.15, 0.2) is 0 Å². The Morgan fingerprint density at radius 2 is 1.85 bits per heavy atom. The number of sulfonamides is 1. The van der Waals surface area contributed by atoms with Crippen LogP contribution in [0.1, 0.15) is 5.56 Å². The second kappa shape index (κ2) is 7.14. The van der Waals surface area contributed by atoms with Gasteiger partial charge in [-0.1, -0.05) is 12.1 Å². The monoisotopic (exact) mass is 300 g/mol. The van der Waals surface area contributed by atoms with Crippen LogP contribution in [0.25, 0.3) is 0 Å². The molecule has 0 bridgehead atoms. The van der Waals surface area contributed by atoms with Crippen LogP contribution < -0.4 is 4.72 Å². The van der Waals surface area contributed by atoms with Gasteiger partial charge in [-0.25, -0.2) is 13.1 Å². The number of hydrogen-bond donors (Lipinski definition) is 2. The molecule has 20 heavy (non-hydrogen) atoms. The molecule has 7 heteroatoms. The first-order valence-electron chi connectivity index (χ1n) is 6.61. The van der Waals surface area contributed by atoms with Crippen LogP contribution in [0.3, 0.4) is 0 Å². The SMILES string of the molecule is O=S(=O)(NCCN1CCOCC1)c1ccc(CO)cc1. The zero-order valence-corrected chi connectivity index (χ0v) is 12.1. The molecule has 2 N–H and O–H groups in total. The van der Waals surface area contributed by atoms with Crippen LogP contribution in [0, 0.1) is 0 Å². The first-order valence-corrected chi connectivity index (χ1v) is 8.10. The number of aliphatic hydroxyl groups excluding tert-OH is 1. The van der Waals surface area contributed by atoms with Crippen molar-refractivity contribution >= 4 is 10.0 Å². The number of benzene rings is 1. The summed E-state index contributed by atoms with van der Waals surface area (Å²) in [5.41, 5.74) is 0.692. The molecule has 0 atom stereocenters. The lowest BCUT2D eigenvalue weighted by molar-refractivity contribution is 0.0390. The number of nitrogens with zero attached hydrogens (tertiary/aromatic N) is 1. The van der Waals surface area contributed by atoms with E-state index in [1.807, 2.05) is 0 Å². The minimum atomic E-state index is -3.48. The van der Waals surface area contributed by atoms with Crippen molar-refractivity contribution in [2.75, 3.05) is 39.4 Å². The molecule has 1 saturated heterocycles. The van der Waals surface area contributed by atoms with Crippen molar-refractivity contribution in [3.63, 3.8) is 0 Å². The van der Waals surface area contributed by atoms with Gasteiger partial charge >= 0.3 is 0 Å². The van der Waals surface area contributed by atoms with E-state index in [9.17, 15) is 8.42 Å². The lowest BCUT2D eigenvalue weighted by Gasteiger charge is -2.26. The topological polar surface area (TPSA) is 78.9 Å². The highest BCUT2D eigenvalue weighted by atomic mass is 32.2. The summed E-state index contributed by atoms with van der Waals surface area (Å²) in [5, 5.41) is 8.94. The molecular weight excluding hydrogens is 280 g/mol. The summed E-state index contributed by atoms with van der Waals surface area (Å²) in [6, 6.07) is 6.22. The van der Waals surface area contributed by atoms with Gasteiger partial charge < -0.3 is 9.84 Å². The number of morpholine rings is 1. The Bertz CT molecular complexity index is 510. The molecule has 1 aromatic rings. The second-order valence-corrected chi connectivity index (χ2v) is 6.42. The maximum absolute atomic E-state index is 12.1. The highest BCUT2D eigenvalue weighted by molar-refractivity contribution is 7.89. The third-order valence-electron chi connectivity index (χ3n) is 3.24. The van der Waals surface area contributed by atoms with E-state index in [4.69, 9.17) is 9.84 Å². The smallest absolute Gasteiger partial charge is 0.240 e. The molecule has 1 fully saturated rings. The lowest BCUT2D eigenvalue weighted by Crippen LogP contribution is -2.41. The summed E-state index contributed by atoms with van der Waals surface area (Å²) in [4.78, 5) is 2.39. The van der Waals surface area contributed by atoms with Gasteiger partial charge in [-0.15, -0.1) is 0 Å². The Labute approximate surface area is 119 Å². The maximum Gasteiger partial charge on any atom is 0.240 e. The Hall–Kier alpha value is -0.990. The predicted molar refractivity (Wildman–Crippen MR) is 74.8 cm³/mol. The van der Waals surface area contributed by atoms with E-state index in [1.165, 1.54) is 12.1 Å². The molecular formula is C13H20N2O4S. The molecule has 0 aromatic heterocycles. The molecule has 2 rings (SSSR count). The second-order valence-electron chi connectivity index (χ2n) is 4.65. The van der Waals surface area contributed by atoms with Gasteiger partial charge in [-0.3, -0.25) is 4.90 Å². The van der Waals surface area contributed by atoms with Crippen LogP contribution in [0.15, 0.2) is 29.2 Å². The Balaban J connectivity index is 1.86.